The van der Waals surface area contributed by atoms with Crippen molar-refractivity contribution >= 4 is 17.8 Å². The van der Waals surface area contributed by atoms with E-state index in [9.17, 15) is 14.9 Å². The van der Waals surface area contributed by atoms with E-state index in [4.69, 9.17) is 0 Å². The number of carbonyl (C=O) groups excluding carboxylic acids is 1. The predicted molar refractivity (Wildman–Crippen MR) is 86.1 cm³/mol. The van der Waals surface area contributed by atoms with Gasteiger partial charge in [0.1, 0.15) is 0 Å². The van der Waals surface area contributed by atoms with Gasteiger partial charge in [0.05, 0.1) is 11.1 Å². The monoisotopic (exact) mass is 309 g/mol. The fourth-order valence-electron chi connectivity index (χ4n) is 2.53. The third kappa shape index (κ3) is 3.60. The summed E-state index contributed by atoms with van der Waals surface area (Å²) in [5, 5.41) is 14.6. The van der Waals surface area contributed by atoms with Crippen LogP contribution in [0.3, 0.4) is 0 Å². The molecule has 0 heterocycles. The van der Waals surface area contributed by atoms with Gasteiger partial charge in [0, 0.05) is 23.6 Å². The van der Waals surface area contributed by atoms with Crippen molar-refractivity contribution < 1.29 is 9.72 Å². The number of nitrogens with zero attached hydrogens (tertiary/aromatic N) is 2. The number of hydrogen-bond donors (Lipinski definition) is 1. The molecule has 116 valence electrons. The van der Waals surface area contributed by atoms with Crippen LogP contribution >= 0.6 is 0 Å². The molecule has 23 heavy (non-hydrogen) atoms. The van der Waals surface area contributed by atoms with Crippen LogP contribution in [0.4, 0.5) is 5.69 Å². The molecule has 0 bridgehead atoms. The summed E-state index contributed by atoms with van der Waals surface area (Å²) >= 11 is 0. The number of benzene rings is 2. The molecule has 0 aromatic heterocycles. The molecule has 0 radical (unpaired) electrons. The third-order valence-electron chi connectivity index (χ3n) is 3.82. The van der Waals surface area contributed by atoms with Gasteiger partial charge in [-0.1, -0.05) is 42.5 Å². The van der Waals surface area contributed by atoms with E-state index < -0.39 is 4.92 Å². The average molecular weight is 309 g/mol. The van der Waals surface area contributed by atoms with Gasteiger partial charge in [-0.2, -0.15) is 5.10 Å². The van der Waals surface area contributed by atoms with Crippen LogP contribution in [0.15, 0.2) is 59.7 Å². The predicted octanol–water partition coefficient (Wildman–Crippen LogP) is 2.85. The number of amides is 1. The summed E-state index contributed by atoms with van der Waals surface area (Å²) in [5.74, 6) is 0.0735. The molecule has 1 N–H and O–H groups in total. The fraction of sp³-hybridized carbons (Fsp3) is 0.176. The Kier molecular flexibility index (Phi) is 4.14. The molecule has 1 aliphatic carbocycles. The van der Waals surface area contributed by atoms with Gasteiger partial charge in [-0.25, -0.2) is 5.43 Å². The summed E-state index contributed by atoms with van der Waals surface area (Å²) in [6.07, 6.45) is 2.23. The van der Waals surface area contributed by atoms with E-state index in [0.717, 1.165) is 12.0 Å². The molecule has 0 saturated heterocycles. The van der Waals surface area contributed by atoms with Crippen molar-refractivity contribution in [2.75, 3.05) is 0 Å². The van der Waals surface area contributed by atoms with Gasteiger partial charge in [-0.3, -0.25) is 14.9 Å². The van der Waals surface area contributed by atoms with Crippen molar-refractivity contribution in [3.05, 3.63) is 75.8 Å². The van der Waals surface area contributed by atoms with E-state index in [2.05, 4.69) is 10.5 Å². The second-order valence-electron chi connectivity index (χ2n) is 5.45. The largest absolute Gasteiger partial charge is 0.273 e. The molecular weight excluding hydrogens is 294 g/mol. The lowest BCUT2D eigenvalue weighted by Crippen LogP contribution is -2.20. The Morgan fingerprint density at radius 3 is 2.74 bits per heavy atom. The first-order valence-electron chi connectivity index (χ1n) is 7.27. The van der Waals surface area contributed by atoms with Crippen molar-refractivity contribution in [1.29, 1.82) is 0 Å². The fourth-order valence-corrected chi connectivity index (χ4v) is 2.53. The molecule has 6 heteroatoms. The van der Waals surface area contributed by atoms with Crippen LogP contribution in [-0.2, 0) is 4.79 Å². The smallest absolute Gasteiger partial charge is 0.270 e. The molecule has 2 atom stereocenters. The van der Waals surface area contributed by atoms with E-state index in [1.807, 2.05) is 30.3 Å². The highest BCUT2D eigenvalue weighted by Gasteiger charge is 2.43. The molecule has 0 spiro atoms. The number of nitro benzene ring substituents is 1. The lowest BCUT2D eigenvalue weighted by molar-refractivity contribution is -0.384. The van der Waals surface area contributed by atoms with Gasteiger partial charge >= 0.3 is 0 Å². The standard InChI is InChI=1S/C17H15N3O3/c21-17(16-10-15(16)13-6-2-1-3-7-13)19-18-11-12-5-4-8-14(9-12)20(22)23/h1-9,11,15-16H,10H2,(H,19,21)/b18-11-/t15-,16+/m0/s1. The maximum Gasteiger partial charge on any atom is 0.270 e. The number of rotatable bonds is 5. The van der Waals surface area contributed by atoms with Crippen molar-refractivity contribution in [2.45, 2.75) is 12.3 Å². The van der Waals surface area contributed by atoms with E-state index in [1.165, 1.54) is 18.3 Å². The van der Waals surface area contributed by atoms with E-state index in [1.54, 1.807) is 12.1 Å². The third-order valence-corrected chi connectivity index (χ3v) is 3.82. The van der Waals surface area contributed by atoms with Crippen molar-refractivity contribution in [3.8, 4) is 0 Å². The van der Waals surface area contributed by atoms with Crippen LogP contribution < -0.4 is 5.43 Å². The summed E-state index contributed by atoms with van der Waals surface area (Å²) in [5.41, 5.74) is 4.22. The first kappa shape index (κ1) is 14.9. The van der Waals surface area contributed by atoms with Gasteiger partial charge in [0.2, 0.25) is 5.91 Å². The summed E-state index contributed by atoms with van der Waals surface area (Å²) in [6.45, 7) is 0. The SMILES string of the molecule is O=C(N/N=C\c1cccc([N+](=O)[O-])c1)[C@@H]1C[C@H]1c1ccccc1. The molecule has 1 aliphatic rings. The first-order chi connectivity index (χ1) is 11.1. The van der Waals surface area contributed by atoms with Crippen molar-refractivity contribution in [2.24, 2.45) is 11.0 Å². The second kappa shape index (κ2) is 6.39. The number of carbonyl (C=O) groups is 1. The molecule has 2 aromatic rings. The minimum Gasteiger partial charge on any atom is -0.273 e. The average Bonchev–Trinajstić information content (AvgIpc) is 3.36. The molecule has 3 rings (SSSR count). The maximum atomic E-state index is 12.0. The molecule has 1 amide bonds. The van der Waals surface area contributed by atoms with E-state index in [0.29, 0.717) is 5.56 Å². The van der Waals surface area contributed by atoms with Crippen LogP contribution in [0, 0.1) is 16.0 Å². The number of hydrogen-bond acceptors (Lipinski definition) is 4. The topological polar surface area (TPSA) is 84.6 Å². The van der Waals surface area contributed by atoms with Gasteiger partial charge < -0.3 is 0 Å². The molecule has 0 aliphatic heterocycles. The quantitative estimate of drug-likeness (QED) is 0.523. The molecule has 1 saturated carbocycles. The first-order valence-corrected chi connectivity index (χ1v) is 7.27. The number of nitro groups is 1. The Bertz CT molecular complexity index is 759. The van der Waals surface area contributed by atoms with E-state index in [-0.39, 0.29) is 23.4 Å². The highest BCUT2D eigenvalue weighted by atomic mass is 16.6. The Morgan fingerprint density at radius 1 is 1.22 bits per heavy atom. The van der Waals surface area contributed by atoms with Gasteiger partial charge in [0.25, 0.3) is 5.69 Å². The zero-order chi connectivity index (χ0) is 16.2. The number of non-ortho nitro benzene ring substituents is 1. The summed E-state index contributed by atoms with van der Waals surface area (Å²) in [7, 11) is 0. The van der Waals surface area contributed by atoms with Crippen LogP contribution in [0.1, 0.15) is 23.5 Å². The molecule has 0 unspecified atom stereocenters. The summed E-state index contributed by atoms with van der Waals surface area (Å²) in [4.78, 5) is 22.2. The minimum atomic E-state index is -0.468. The van der Waals surface area contributed by atoms with Crippen molar-refractivity contribution in [3.63, 3.8) is 0 Å². The van der Waals surface area contributed by atoms with Gasteiger partial charge in [-0.15, -0.1) is 0 Å². The lowest BCUT2D eigenvalue weighted by Gasteiger charge is -2.00. The lowest BCUT2D eigenvalue weighted by atomic mass is 10.1. The number of nitrogens with one attached hydrogen (secondary N) is 1. The minimum absolute atomic E-state index is 0.00777. The van der Waals surface area contributed by atoms with Crippen LogP contribution in [0.5, 0.6) is 0 Å². The zero-order valence-electron chi connectivity index (χ0n) is 12.3. The molecular formula is C17H15N3O3. The van der Waals surface area contributed by atoms with E-state index >= 15 is 0 Å². The summed E-state index contributed by atoms with van der Waals surface area (Å²) < 4.78 is 0. The van der Waals surface area contributed by atoms with Gasteiger partial charge in [0.15, 0.2) is 0 Å². The Hall–Kier alpha value is -3.02. The number of hydrazone groups is 1. The summed E-state index contributed by atoms with van der Waals surface area (Å²) in [6, 6.07) is 16.0. The maximum absolute atomic E-state index is 12.0. The molecule has 6 nitrogen and oxygen atoms in total. The highest BCUT2D eigenvalue weighted by molar-refractivity contribution is 5.85. The van der Waals surface area contributed by atoms with Crippen LogP contribution in [-0.4, -0.2) is 17.0 Å². The Balaban J connectivity index is 1.56. The van der Waals surface area contributed by atoms with Gasteiger partial charge in [-0.05, 0) is 17.9 Å². The molecule has 2 aromatic carbocycles. The van der Waals surface area contributed by atoms with Crippen LogP contribution in [0.25, 0.3) is 0 Å². The van der Waals surface area contributed by atoms with Crippen molar-refractivity contribution in [1.82, 2.24) is 5.43 Å². The second-order valence-corrected chi connectivity index (χ2v) is 5.45. The normalized spacial score (nSPS) is 19.5. The highest BCUT2D eigenvalue weighted by Crippen LogP contribution is 2.47. The Labute approximate surface area is 133 Å². The van der Waals surface area contributed by atoms with Crippen LogP contribution in [0.2, 0.25) is 0 Å². The Morgan fingerprint density at radius 2 is 2.00 bits per heavy atom. The molecule has 1 fully saturated rings. The zero-order valence-corrected chi connectivity index (χ0v) is 12.3.